The summed E-state index contributed by atoms with van der Waals surface area (Å²) in [5.74, 6) is 2.95. The van der Waals surface area contributed by atoms with Crippen LogP contribution in [-0.2, 0) is 5.41 Å². The van der Waals surface area contributed by atoms with Crippen LogP contribution in [0.1, 0.15) is 25.1 Å². The van der Waals surface area contributed by atoms with Crippen molar-refractivity contribution in [3.05, 3.63) is 29.6 Å². The molecule has 6 heteroatoms. The fourth-order valence-corrected chi connectivity index (χ4v) is 3.34. The number of aliphatic imine (C=N–C) groups is 1. The molecule has 1 aliphatic rings. The maximum absolute atomic E-state index is 6.12. The van der Waals surface area contributed by atoms with E-state index in [0.717, 1.165) is 30.3 Å². The molecule has 0 aliphatic carbocycles. The SMILES string of the molecule is Cc1cccnc1C(C)(C)CN=C(N)N1CCSCC1.I. The molecule has 1 aliphatic heterocycles. The van der Waals surface area contributed by atoms with Gasteiger partial charge in [-0.3, -0.25) is 9.98 Å². The summed E-state index contributed by atoms with van der Waals surface area (Å²) in [5, 5.41) is 0. The third-order valence-corrected chi connectivity index (χ3v) is 4.56. The molecule has 0 saturated carbocycles. The molecule has 1 fully saturated rings. The van der Waals surface area contributed by atoms with Gasteiger partial charge in [-0.1, -0.05) is 19.9 Å². The first-order valence-corrected chi connectivity index (χ1v) is 8.21. The van der Waals surface area contributed by atoms with Crippen molar-refractivity contribution < 1.29 is 0 Å². The highest BCUT2D eigenvalue weighted by molar-refractivity contribution is 14.0. The molecule has 0 radical (unpaired) electrons. The van der Waals surface area contributed by atoms with Crippen molar-refractivity contribution in [2.24, 2.45) is 10.7 Å². The van der Waals surface area contributed by atoms with Crippen molar-refractivity contribution >= 4 is 41.7 Å². The predicted octanol–water partition coefficient (Wildman–Crippen LogP) is 2.65. The molecule has 21 heavy (non-hydrogen) atoms. The number of halogens is 1. The summed E-state index contributed by atoms with van der Waals surface area (Å²) in [4.78, 5) is 11.3. The lowest BCUT2D eigenvalue weighted by Gasteiger charge is -2.29. The smallest absolute Gasteiger partial charge is 0.191 e. The summed E-state index contributed by atoms with van der Waals surface area (Å²) in [6, 6.07) is 4.07. The summed E-state index contributed by atoms with van der Waals surface area (Å²) < 4.78 is 0. The zero-order valence-electron chi connectivity index (χ0n) is 13.0. The summed E-state index contributed by atoms with van der Waals surface area (Å²) in [6.07, 6.45) is 1.85. The van der Waals surface area contributed by atoms with Crippen molar-refractivity contribution in [1.29, 1.82) is 0 Å². The molecule has 0 amide bonds. The van der Waals surface area contributed by atoms with Crippen LogP contribution in [0.4, 0.5) is 0 Å². The molecule has 4 nitrogen and oxygen atoms in total. The Hall–Kier alpha value is -0.500. The van der Waals surface area contributed by atoms with Crippen LogP contribution in [0.15, 0.2) is 23.3 Å². The van der Waals surface area contributed by atoms with Gasteiger partial charge in [-0.05, 0) is 18.6 Å². The van der Waals surface area contributed by atoms with Gasteiger partial charge in [0.25, 0.3) is 0 Å². The van der Waals surface area contributed by atoms with Crippen LogP contribution in [0.5, 0.6) is 0 Å². The second kappa shape index (κ2) is 8.22. The molecule has 0 bridgehead atoms. The molecule has 118 valence electrons. The molecule has 2 N–H and O–H groups in total. The number of pyridine rings is 1. The van der Waals surface area contributed by atoms with Gasteiger partial charge in [-0.25, -0.2) is 0 Å². The standard InChI is InChI=1S/C15H24N4S.HI/c1-12-5-4-6-17-13(12)15(2,3)11-18-14(16)19-7-9-20-10-8-19;/h4-6H,7-11H2,1-3H3,(H2,16,18);1H. The summed E-state index contributed by atoms with van der Waals surface area (Å²) in [6.45, 7) is 9.11. The van der Waals surface area contributed by atoms with Gasteiger partial charge in [0, 0.05) is 36.2 Å². The van der Waals surface area contributed by atoms with Crippen LogP contribution in [-0.4, -0.2) is 47.0 Å². The second-order valence-electron chi connectivity index (χ2n) is 5.83. The second-order valence-corrected chi connectivity index (χ2v) is 7.05. The van der Waals surface area contributed by atoms with Crippen LogP contribution < -0.4 is 5.73 Å². The van der Waals surface area contributed by atoms with Crippen LogP contribution in [0, 0.1) is 6.92 Å². The highest BCUT2D eigenvalue weighted by Gasteiger charge is 2.24. The number of hydrogen-bond acceptors (Lipinski definition) is 3. The summed E-state index contributed by atoms with van der Waals surface area (Å²) >= 11 is 1.98. The minimum atomic E-state index is -0.0967. The highest BCUT2D eigenvalue weighted by Crippen LogP contribution is 2.24. The van der Waals surface area contributed by atoms with Crippen LogP contribution >= 0.6 is 35.7 Å². The van der Waals surface area contributed by atoms with Gasteiger partial charge in [0.1, 0.15) is 0 Å². The Morgan fingerprint density at radius 2 is 2.10 bits per heavy atom. The molecular formula is C15H25IN4S. The molecular weight excluding hydrogens is 395 g/mol. The zero-order valence-corrected chi connectivity index (χ0v) is 16.1. The van der Waals surface area contributed by atoms with Crippen LogP contribution in [0.25, 0.3) is 0 Å². The van der Waals surface area contributed by atoms with E-state index in [1.54, 1.807) is 0 Å². The van der Waals surface area contributed by atoms with Crippen molar-refractivity contribution in [2.45, 2.75) is 26.2 Å². The molecule has 1 aromatic heterocycles. The molecule has 0 aromatic carbocycles. The van der Waals surface area contributed by atoms with Gasteiger partial charge in [0.15, 0.2) is 5.96 Å². The third-order valence-electron chi connectivity index (χ3n) is 3.62. The molecule has 0 spiro atoms. The first kappa shape index (κ1) is 18.5. The van der Waals surface area contributed by atoms with Crippen LogP contribution in [0.2, 0.25) is 0 Å². The van der Waals surface area contributed by atoms with E-state index in [9.17, 15) is 0 Å². The Bertz CT molecular complexity index is 484. The Morgan fingerprint density at radius 1 is 1.43 bits per heavy atom. The molecule has 1 saturated heterocycles. The Kier molecular flexibility index (Phi) is 7.26. The predicted molar refractivity (Wildman–Crippen MR) is 103 cm³/mol. The van der Waals surface area contributed by atoms with Gasteiger partial charge in [-0.2, -0.15) is 11.8 Å². The molecule has 2 rings (SSSR count). The van der Waals surface area contributed by atoms with Gasteiger partial charge >= 0.3 is 0 Å². The molecule has 0 unspecified atom stereocenters. The maximum Gasteiger partial charge on any atom is 0.191 e. The number of rotatable bonds is 3. The van der Waals surface area contributed by atoms with E-state index in [1.165, 1.54) is 5.56 Å². The van der Waals surface area contributed by atoms with Gasteiger partial charge < -0.3 is 10.6 Å². The lowest BCUT2D eigenvalue weighted by Crippen LogP contribution is -2.43. The van der Waals surface area contributed by atoms with E-state index in [2.05, 4.69) is 41.7 Å². The number of aromatic nitrogens is 1. The van der Waals surface area contributed by atoms with E-state index in [1.807, 2.05) is 24.0 Å². The van der Waals surface area contributed by atoms with Gasteiger partial charge in [0.05, 0.1) is 12.2 Å². The van der Waals surface area contributed by atoms with Crippen molar-refractivity contribution in [2.75, 3.05) is 31.1 Å². The third kappa shape index (κ3) is 5.02. The van der Waals surface area contributed by atoms with E-state index < -0.39 is 0 Å². The Labute approximate surface area is 149 Å². The highest BCUT2D eigenvalue weighted by atomic mass is 127. The van der Waals surface area contributed by atoms with E-state index in [0.29, 0.717) is 12.5 Å². The first-order valence-electron chi connectivity index (χ1n) is 7.05. The number of aryl methyl sites for hydroxylation is 1. The lowest BCUT2D eigenvalue weighted by atomic mass is 9.86. The molecule has 1 aromatic rings. The fraction of sp³-hybridized carbons (Fsp3) is 0.600. The van der Waals surface area contributed by atoms with Crippen molar-refractivity contribution in [3.8, 4) is 0 Å². The summed E-state index contributed by atoms with van der Waals surface area (Å²) in [7, 11) is 0. The average molecular weight is 420 g/mol. The van der Waals surface area contributed by atoms with E-state index in [4.69, 9.17) is 5.73 Å². The first-order chi connectivity index (χ1) is 9.50. The van der Waals surface area contributed by atoms with Crippen molar-refractivity contribution in [1.82, 2.24) is 9.88 Å². The summed E-state index contributed by atoms with van der Waals surface area (Å²) in [5.41, 5.74) is 8.33. The monoisotopic (exact) mass is 420 g/mol. The number of thioether (sulfide) groups is 1. The number of hydrogen-bond donors (Lipinski definition) is 1. The molecule has 2 heterocycles. The fourth-order valence-electron chi connectivity index (χ4n) is 2.44. The number of guanidine groups is 1. The normalized spacial score (nSPS) is 16.5. The van der Waals surface area contributed by atoms with E-state index in [-0.39, 0.29) is 29.4 Å². The van der Waals surface area contributed by atoms with Crippen LogP contribution in [0.3, 0.4) is 0 Å². The average Bonchev–Trinajstić information content (AvgIpc) is 2.46. The largest absolute Gasteiger partial charge is 0.370 e. The quantitative estimate of drug-likeness (QED) is 0.464. The Balaban J connectivity index is 0.00000220. The van der Waals surface area contributed by atoms with E-state index >= 15 is 0 Å². The Morgan fingerprint density at radius 3 is 2.71 bits per heavy atom. The van der Waals surface area contributed by atoms with Gasteiger partial charge in [-0.15, -0.1) is 24.0 Å². The van der Waals surface area contributed by atoms with Crippen molar-refractivity contribution in [3.63, 3.8) is 0 Å². The topological polar surface area (TPSA) is 54.5 Å². The minimum Gasteiger partial charge on any atom is -0.370 e. The number of nitrogens with zero attached hydrogens (tertiary/aromatic N) is 3. The number of nitrogens with two attached hydrogens (primary N) is 1. The zero-order chi connectivity index (χ0) is 14.6. The molecule has 0 atom stereocenters. The maximum atomic E-state index is 6.12. The minimum absolute atomic E-state index is 0. The lowest BCUT2D eigenvalue weighted by molar-refractivity contribution is 0.448. The van der Waals surface area contributed by atoms with Gasteiger partial charge in [0.2, 0.25) is 0 Å².